The molecule has 0 aliphatic rings. The summed E-state index contributed by atoms with van der Waals surface area (Å²) in [7, 11) is 0. The van der Waals surface area contributed by atoms with Gasteiger partial charge in [-0.3, -0.25) is 0 Å². The molecule has 0 bridgehead atoms. The van der Waals surface area contributed by atoms with E-state index in [-0.39, 0.29) is 12.6 Å². The number of halogens is 1. The van der Waals surface area contributed by atoms with Crippen molar-refractivity contribution < 1.29 is 9.15 Å². The number of hydrogen-bond donors (Lipinski definition) is 1. The summed E-state index contributed by atoms with van der Waals surface area (Å²) < 4.78 is 11.9. The van der Waals surface area contributed by atoms with Gasteiger partial charge in [-0.1, -0.05) is 12.1 Å². The Labute approximate surface area is 120 Å². The first kappa shape index (κ1) is 14.0. The lowest BCUT2D eigenvalue weighted by Crippen LogP contribution is -2.18. The van der Waals surface area contributed by atoms with Gasteiger partial charge in [0.05, 0.1) is 4.47 Å². The molecule has 1 atom stereocenters. The first-order valence-electron chi connectivity index (χ1n) is 6.01. The second-order valence-electron chi connectivity index (χ2n) is 4.41. The summed E-state index contributed by atoms with van der Waals surface area (Å²) in [6, 6.07) is 5.97. The molecule has 1 heterocycles. The van der Waals surface area contributed by atoms with Crippen molar-refractivity contribution in [2.75, 3.05) is 0 Å². The van der Waals surface area contributed by atoms with Crippen molar-refractivity contribution in [1.29, 1.82) is 0 Å². The number of nitrogens with zero attached hydrogens (tertiary/aromatic N) is 2. The van der Waals surface area contributed by atoms with Crippen LogP contribution in [0.2, 0.25) is 0 Å². The van der Waals surface area contributed by atoms with E-state index in [2.05, 4.69) is 26.1 Å². The molecule has 0 aliphatic heterocycles. The molecule has 5 nitrogen and oxygen atoms in total. The van der Waals surface area contributed by atoms with Gasteiger partial charge >= 0.3 is 0 Å². The van der Waals surface area contributed by atoms with Crippen LogP contribution in [-0.4, -0.2) is 16.2 Å². The zero-order valence-electron chi connectivity index (χ0n) is 10.9. The van der Waals surface area contributed by atoms with Gasteiger partial charge in [0.15, 0.2) is 6.61 Å². The molecular weight excluding hydrogens is 310 g/mol. The molecule has 0 saturated carbocycles. The zero-order chi connectivity index (χ0) is 13.8. The number of aryl methyl sites for hydroxylation is 1. The lowest BCUT2D eigenvalue weighted by Gasteiger charge is -2.13. The van der Waals surface area contributed by atoms with Crippen molar-refractivity contribution in [3.05, 3.63) is 40.0 Å². The molecule has 102 valence electrons. The second-order valence-corrected chi connectivity index (χ2v) is 5.27. The van der Waals surface area contributed by atoms with E-state index < -0.39 is 0 Å². The van der Waals surface area contributed by atoms with E-state index in [9.17, 15) is 0 Å². The Bertz CT molecular complexity index is 555. The van der Waals surface area contributed by atoms with Crippen LogP contribution in [0.15, 0.2) is 27.1 Å². The molecule has 1 aromatic carbocycles. The van der Waals surface area contributed by atoms with Gasteiger partial charge < -0.3 is 14.9 Å². The molecular formula is C13H16BrN3O2. The van der Waals surface area contributed by atoms with Crippen molar-refractivity contribution in [2.45, 2.75) is 32.9 Å². The molecule has 2 N–H and O–H groups in total. The molecule has 2 aromatic rings. The Kier molecular flexibility index (Phi) is 4.55. The summed E-state index contributed by atoms with van der Waals surface area (Å²) in [5.74, 6) is 1.76. The number of hydrogen-bond acceptors (Lipinski definition) is 5. The summed E-state index contributed by atoms with van der Waals surface area (Å²) in [6.45, 7) is 3.96. The van der Waals surface area contributed by atoms with Gasteiger partial charge in [0.25, 0.3) is 5.89 Å². The molecule has 19 heavy (non-hydrogen) atoms. The third-order valence-corrected chi connectivity index (χ3v) is 3.12. The number of benzene rings is 1. The monoisotopic (exact) mass is 325 g/mol. The predicted octanol–water partition coefficient (Wildman–Crippen LogP) is 2.61. The van der Waals surface area contributed by atoms with Gasteiger partial charge in [0.2, 0.25) is 5.89 Å². The fourth-order valence-corrected chi connectivity index (χ4v) is 2.27. The highest BCUT2D eigenvalue weighted by atomic mass is 79.9. The SMILES string of the molecule is Cc1nnc(COc2c(Br)cccc2CC(C)N)o1. The molecule has 0 spiro atoms. The van der Waals surface area contributed by atoms with E-state index in [0.717, 1.165) is 22.2 Å². The minimum atomic E-state index is 0.0716. The second kappa shape index (κ2) is 6.16. The standard InChI is InChI=1S/C13H16BrN3O2/c1-8(15)6-10-4-3-5-11(14)13(10)18-7-12-17-16-9(2)19-12/h3-5,8H,6-7,15H2,1-2H3. The molecule has 0 radical (unpaired) electrons. The molecule has 0 fully saturated rings. The van der Waals surface area contributed by atoms with Crippen molar-refractivity contribution in [3.63, 3.8) is 0 Å². The molecule has 2 rings (SSSR count). The quantitative estimate of drug-likeness (QED) is 0.914. The first-order valence-corrected chi connectivity index (χ1v) is 6.80. The maximum absolute atomic E-state index is 5.84. The van der Waals surface area contributed by atoms with E-state index in [0.29, 0.717) is 11.8 Å². The van der Waals surface area contributed by atoms with Crippen LogP contribution in [0.25, 0.3) is 0 Å². The van der Waals surface area contributed by atoms with Crippen molar-refractivity contribution in [3.8, 4) is 5.75 Å². The molecule has 0 saturated heterocycles. The number of nitrogens with two attached hydrogens (primary N) is 1. The molecule has 6 heteroatoms. The van der Waals surface area contributed by atoms with Crippen LogP contribution >= 0.6 is 15.9 Å². The Morgan fingerprint density at radius 1 is 1.42 bits per heavy atom. The van der Waals surface area contributed by atoms with Crippen LogP contribution in [-0.2, 0) is 13.0 Å². The van der Waals surface area contributed by atoms with Crippen LogP contribution in [0.3, 0.4) is 0 Å². The van der Waals surface area contributed by atoms with Crippen LogP contribution in [0.1, 0.15) is 24.3 Å². The number of rotatable bonds is 5. The highest BCUT2D eigenvalue weighted by Gasteiger charge is 2.11. The van der Waals surface area contributed by atoms with Crippen molar-refractivity contribution in [2.24, 2.45) is 5.73 Å². The topological polar surface area (TPSA) is 74.2 Å². The van der Waals surface area contributed by atoms with Crippen LogP contribution < -0.4 is 10.5 Å². The van der Waals surface area contributed by atoms with Gasteiger partial charge in [-0.2, -0.15) is 0 Å². The normalized spacial score (nSPS) is 12.4. The lowest BCUT2D eigenvalue weighted by atomic mass is 10.1. The summed E-state index contributed by atoms with van der Waals surface area (Å²) >= 11 is 3.48. The van der Waals surface area contributed by atoms with E-state index in [1.165, 1.54) is 0 Å². The molecule has 0 aliphatic carbocycles. The van der Waals surface area contributed by atoms with Crippen LogP contribution in [0.4, 0.5) is 0 Å². The van der Waals surface area contributed by atoms with Crippen molar-refractivity contribution >= 4 is 15.9 Å². The minimum Gasteiger partial charge on any atom is -0.482 e. The van der Waals surface area contributed by atoms with Gasteiger partial charge in [-0.15, -0.1) is 10.2 Å². The van der Waals surface area contributed by atoms with Crippen LogP contribution in [0.5, 0.6) is 5.75 Å². The number of para-hydroxylation sites is 1. The Hall–Kier alpha value is -1.40. The lowest BCUT2D eigenvalue weighted by molar-refractivity contribution is 0.256. The smallest absolute Gasteiger partial charge is 0.253 e. The summed E-state index contributed by atoms with van der Waals surface area (Å²) in [4.78, 5) is 0. The van der Waals surface area contributed by atoms with Gasteiger partial charge in [-0.25, -0.2) is 0 Å². The zero-order valence-corrected chi connectivity index (χ0v) is 12.5. The number of ether oxygens (including phenoxy) is 1. The Balaban J connectivity index is 2.14. The number of aromatic nitrogens is 2. The van der Waals surface area contributed by atoms with Gasteiger partial charge in [-0.05, 0) is 40.9 Å². The summed E-state index contributed by atoms with van der Waals surface area (Å²) in [5, 5.41) is 7.66. The highest BCUT2D eigenvalue weighted by Crippen LogP contribution is 2.30. The van der Waals surface area contributed by atoms with Gasteiger partial charge in [0.1, 0.15) is 5.75 Å². The average Bonchev–Trinajstić information content (AvgIpc) is 2.73. The first-order chi connectivity index (χ1) is 9.06. The highest BCUT2D eigenvalue weighted by molar-refractivity contribution is 9.10. The fraction of sp³-hybridized carbons (Fsp3) is 0.385. The summed E-state index contributed by atoms with van der Waals surface area (Å²) in [6.07, 6.45) is 0.748. The molecule has 1 aromatic heterocycles. The largest absolute Gasteiger partial charge is 0.482 e. The average molecular weight is 326 g/mol. The maximum Gasteiger partial charge on any atom is 0.253 e. The Morgan fingerprint density at radius 3 is 2.84 bits per heavy atom. The fourth-order valence-electron chi connectivity index (χ4n) is 1.75. The van der Waals surface area contributed by atoms with Crippen molar-refractivity contribution in [1.82, 2.24) is 10.2 Å². The predicted molar refractivity (Wildman–Crippen MR) is 74.9 cm³/mol. The van der Waals surface area contributed by atoms with E-state index in [4.69, 9.17) is 14.9 Å². The maximum atomic E-state index is 5.84. The third kappa shape index (κ3) is 3.78. The minimum absolute atomic E-state index is 0.0716. The third-order valence-electron chi connectivity index (χ3n) is 2.50. The van der Waals surface area contributed by atoms with Gasteiger partial charge in [0, 0.05) is 13.0 Å². The summed E-state index contributed by atoms with van der Waals surface area (Å²) in [5.41, 5.74) is 6.90. The molecule has 1 unspecified atom stereocenters. The molecule has 0 amide bonds. The Morgan fingerprint density at radius 2 is 2.21 bits per heavy atom. The van der Waals surface area contributed by atoms with E-state index in [1.807, 2.05) is 25.1 Å². The van der Waals surface area contributed by atoms with E-state index >= 15 is 0 Å². The van der Waals surface area contributed by atoms with Crippen LogP contribution in [0, 0.1) is 6.92 Å². The van der Waals surface area contributed by atoms with E-state index in [1.54, 1.807) is 6.92 Å².